The summed E-state index contributed by atoms with van der Waals surface area (Å²) in [7, 11) is 0. The standard InChI is InChI=1S/C48H76O17/c1-23-32(53)37(64-40-34(55)36(61-24(2)51)28(20-49)62-40)35(56)39(60-23)65-38-33(54)27(52)21-59-41(38)63-31-12-13-44(5)29(45(31,6)22-50)11-14-47(8)30(44)10-9-25-26-19-43(3,4)15-17-48(26,42(57)58)18-16-46(25,47)7/h9,23,26-41,49-50,52-56H,10-22H2,1-8H3,(H,57,58)/t23-,26-,27-,28-,29+,30+,31-,32-,33-,34+,35+,36-,37+,38+,39-,40-,41-,44-,45-,46+,47+,48-/m0/s1. The van der Waals surface area contributed by atoms with Gasteiger partial charge in [0.25, 0.3) is 0 Å². The van der Waals surface area contributed by atoms with Crippen molar-refractivity contribution >= 4 is 11.9 Å². The van der Waals surface area contributed by atoms with Crippen LogP contribution in [0.3, 0.4) is 0 Å². The van der Waals surface area contributed by atoms with Gasteiger partial charge < -0.3 is 74.0 Å². The molecule has 0 aromatic carbocycles. The van der Waals surface area contributed by atoms with Gasteiger partial charge in [-0.2, -0.15) is 0 Å². The molecular weight excluding hydrogens is 849 g/mol. The molecule has 3 aliphatic heterocycles. The number of hydrogen-bond donors (Lipinski definition) is 8. The number of ether oxygens (including phenoxy) is 7. The number of hydrogen-bond acceptors (Lipinski definition) is 16. The van der Waals surface area contributed by atoms with Crippen LogP contribution in [-0.2, 0) is 42.7 Å². The Balaban J connectivity index is 1.01. The molecule has 0 unspecified atom stereocenters. The van der Waals surface area contributed by atoms with Crippen LogP contribution in [0.15, 0.2) is 11.6 Å². The molecule has 0 bridgehead atoms. The largest absolute Gasteiger partial charge is 0.481 e. The Hall–Kier alpha value is -1.84. The molecule has 65 heavy (non-hydrogen) atoms. The van der Waals surface area contributed by atoms with E-state index in [0.717, 1.165) is 51.9 Å². The summed E-state index contributed by atoms with van der Waals surface area (Å²) in [6, 6.07) is 0. The monoisotopic (exact) mass is 925 g/mol. The van der Waals surface area contributed by atoms with E-state index in [1.165, 1.54) is 12.5 Å². The number of rotatable bonds is 10. The van der Waals surface area contributed by atoms with E-state index >= 15 is 0 Å². The normalized spacial score (nSPS) is 52.8. The molecule has 4 saturated carbocycles. The lowest BCUT2D eigenvalue weighted by molar-refractivity contribution is -0.374. The Labute approximate surface area is 382 Å². The number of carbonyl (C=O) groups excluding carboxylic acids is 1. The van der Waals surface area contributed by atoms with Gasteiger partial charge in [-0.1, -0.05) is 53.2 Å². The first-order chi connectivity index (χ1) is 30.4. The second-order valence-electron chi connectivity index (χ2n) is 22.9. The highest BCUT2D eigenvalue weighted by Gasteiger charge is 2.70. The molecule has 5 aliphatic carbocycles. The van der Waals surface area contributed by atoms with Crippen LogP contribution in [0.5, 0.6) is 0 Å². The summed E-state index contributed by atoms with van der Waals surface area (Å²) in [6.45, 7) is 15.4. The lowest BCUT2D eigenvalue weighted by Crippen LogP contribution is -2.67. The van der Waals surface area contributed by atoms with Crippen LogP contribution < -0.4 is 0 Å². The van der Waals surface area contributed by atoms with Crippen molar-refractivity contribution in [1.29, 1.82) is 0 Å². The summed E-state index contributed by atoms with van der Waals surface area (Å²) in [6.07, 6.45) is -8.89. The Morgan fingerprint density at radius 2 is 1.42 bits per heavy atom. The van der Waals surface area contributed by atoms with Crippen LogP contribution >= 0.6 is 0 Å². The molecular formula is C48H76O17. The third-order valence-corrected chi connectivity index (χ3v) is 19.0. The number of allylic oxidation sites excluding steroid dienone is 2. The Morgan fingerprint density at radius 1 is 0.754 bits per heavy atom. The Morgan fingerprint density at radius 3 is 2.08 bits per heavy atom. The zero-order valence-electron chi connectivity index (χ0n) is 39.3. The number of carboxylic acids is 1. The van der Waals surface area contributed by atoms with Crippen LogP contribution in [0.4, 0.5) is 0 Å². The van der Waals surface area contributed by atoms with Crippen molar-refractivity contribution in [3.05, 3.63) is 11.6 Å². The zero-order chi connectivity index (χ0) is 47.4. The van der Waals surface area contributed by atoms with Gasteiger partial charge >= 0.3 is 11.9 Å². The molecule has 370 valence electrons. The number of aliphatic carboxylic acids is 1. The van der Waals surface area contributed by atoms with Crippen LogP contribution in [0.2, 0.25) is 0 Å². The average Bonchev–Trinajstić information content (AvgIpc) is 3.53. The average molecular weight is 925 g/mol. The van der Waals surface area contributed by atoms with E-state index in [4.69, 9.17) is 33.2 Å². The number of aliphatic hydroxyl groups is 7. The fraction of sp³-hybridized carbons (Fsp3) is 0.917. The van der Waals surface area contributed by atoms with Crippen LogP contribution in [0.25, 0.3) is 0 Å². The molecule has 8 rings (SSSR count). The van der Waals surface area contributed by atoms with Crippen molar-refractivity contribution < 1.29 is 83.6 Å². The van der Waals surface area contributed by atoms with Gasteiger partial charge in [-0.25, -0.2) is 0 Å². The maximum absolute atomic E-state index is 13.1. The molecule has 0 aromatic heterocycles. The van der Waals surface area contributed by atoms with E-state index < -0.39 is 115 Å². The molecule has 3 heterocycles. The summed E-state index contributed by atoms with van der Waals surface area (Å²) in [5, 5.41) is 87.9. The van der Waals surface area contributed by atoms with E-state index in [1.807, 2.05) is 0 Å². The third-order valence-electron chi connectivity index (χ3n) is 19.0. The van der Waals surface area contributed by atoms with Crippen molar-refractivity contribution in [3.8, 4) is 0 Å². The van der Waals surface area contributed by atoms with Gasteiger partial charge in [0.15, 0.2) is 25.0 Å². The van der Waals surface area contributed by atoms with E-state index in [2.05, 4.69) is 47.6 Å². The lowest BCUT2D eigenvalue weighted by Gasteiger charge is -2.71. The van der Waals surface area contributed by atoms with Crippen LogP contribution in [0, 0.1) is 50.2 Å². The van der Waals surface area contributed by atoms with Gasteiger partial charge in [0.1, 0.15) is 48.8 Å². The first-order valence-corrected chi connectivity index (χ1v) is 24.0. The zero-order valence-corrected chi connectivity index (χ0v) is 39.3. The van der Waals surface area contributed by atoms with Crippen molar-refractivity contribution in [3.63, 3.8) is 0 Å². The van der Waals surface area contributed by atoms with Gasteiger partial charge in [0, 0.05) is 12.3 Å². The highest BCUT2D eigenvalue weighted by Crippen LogP contribution is 2.76. The number of esters is 1. The summed E-state index contributed by atoms with van der Waals surface area (Å²) >= 11 is 0. The summed E-state index contributed by atoms with van der Waals surface area (Å²) in [5.74, 6) is -1.10. The fourth-order valence-corrected chi connectivity index (χ4v) is 14.9. The quantitative estimate of drug-likeness (QED) is 0.0890. The van der Waals surface area contributed by atoms with E-state index in [-0.39, 0.29) is 52.6 Å². The molecule has 17 heteroatoms. The Kier molecular flexibility index (Phi) is 13.4. The molecule has 17 nitrogen and oxygen atoms in total. The number of fused-ring (bicyclic) bond motifs is 7. The number of carbonyl (C=O) groups is 2. The Bertz CT molecular complexity index is 1810. The minimum Gasteiger partial charge on any atom is -0.481 e. The first kappa shape index (κ1) is 49.6. The molecule has 0 spiro atoms. The molecule has 8 aliphatic rings. The van der Waals surface area contributed by atoms with Crippen molar-refractivity contribution in [2.45, 2.75) is 206 Å². The molecule has 22 atom stereocenters. The molecule has 0 aromatic rings. The van der Waals surface area contributed by atoms with Gasteiger partial charge in [-0.05, 0) is 111 Å². The van der Waals surface area contributed by atoms with Crippen molar-refractivity contribution in [2.24, 2.45) is 50.2 Å². The van der Waals surface area contributed by atoms with Crippen LogP contribution in [-0.4, -0.2) is 159 Å². The van der Waals surface area contributed by atoms with Gasteiger partial charge in [-0.3, -0.25) is 9.59 Å². The minimum absolute atomic E-state index is 0.000648. The predicted molar refractivity (Wildman–Crippen MR) is 228 cm³/mol. The highest BCUT2D eigenvalue weighted by molar-refractivity contribution is 5.76. The highest BCUT2D eigenvalue weighted by atomic mass is 16.8. The molecule has 0 amide bonds. The second-order valence-corrected chi connectivity index (χ2v) is 22.9. The maximum atomic E-state index is 13.1. The van der Waals surface area contributed by atoms with Gasteiger partial charge in [-0.15, -0.1) is 0 Å². The lowest BCUT2D eigenvalue weighted by atomic mass is 9.33. The summed E-state index contributed by atoms with van der Waals surface area (Å²) in [5.41, 5.74) is -0.582. The molecule has 8 N–H and O–H groups in total. The summed E-state index contributed by atoms with van der Waals surface area (Å²) < 4.78 is 41.6. The molecule has 0 radical (unpaired) electrons. The van der Waals surface area contributed by atoms with E-state index in [0.29, 0.717) is 19.3 Å². The van der Waals surface area contributed by atoms with Crippen molar-refractivity contribution in [2.75, 3.05) is 19.8 Å². The summed E-state index contributed by atoms with van der Waals surface area (Å²) in [4.78, 5) is 24.8. The molecule has 7 fully saturated rings. The van der Waals surface area contributed by atoms with Gasteiger partial charge in [0.05, 0.1) is 37.4 Å². The molecule has 3 saturated heterocycles. The van der Waals surface area contributed by atoms with Gasteiger partial charge in [0.2, 0.25) is 0 Å². The number of aliphatic hydroxyl groups excluding tert-OH is 7. The third kappa shape index (κ3) is 7.86. The SMILES string of the molecule is CC(=O)O[C@@H]1[C@@H](O)[C@H](O[C@@H]2[C@@H](O)[C@H](C)O[C@@H](O[C@H]3[C@H](O[C@H]4CC[C@@]5(C)[C@@H](CC[C@]6(C)[C@@H]5CC=C5[C@@H]7CC(C)(C)CC[C@]7(C(=O)O)CC[C@]56C)[C@]4(C)CO)OC[C@H](O)[C@@H]3O)[C@@H]2O)O[C@H]1CO. The van der Waals surface area contributed by atoms with Crippen molar-refractivity contribution in [1.82, 2.24) is 0 Å². The van der Waals surface area contributed by atoms with Crippen LogP contribution in [0.1, 0.15) is 120 Å². The predicted octanol–water partition coefficient (Wildman–Crippen LogP) is 2.56. The van der Waals surface area contributed by atoms with E-state index in [9.17, 15) is 50.4 Å². The minimum atomic E-state index is -1.76. The second kappa shape index (κ2) is 17.5. The first-order valence-electron chi connectivity index (χ1n) is 24.0. The smallest absolute Gasteiger partial charge is 0.310 e. The fourth-order valence-electron chi connectivity index (χ4n) is 14.9. The topological polar surface area (TPSA) is 261 Å². The van der Waals surface area contributed by atoms with E-state index in [1.54, 1.807) is 0 Å². The number of carboxylic acid groups (broad SMARTS) is 1. The maximum Gasteiger partial charge on any atom is 0.310 e.